The molecule has 0 saturated heterocycles. The molecule has 2 aromatic carbocycles. The molecule has 5 heteroatoms. The van der Waals surface area contributed by atoms with Crippen LogP contribution in [0.1, 0.15) is 23.6 Å². The van der Waals surface area contributed by atoms with E-state index in [1.807, 2.05) is 30.3 Å². The first-order chi connectivity index (χ1) is 15.1. The minimum Gasteiger partial charge on any atom is -0.493 e. The van der Waals surface area contributed by atoms with Gasteiger partial charge in [-0.2, -0.15) is 0 Å². The van der Waals surface area contributed by atoms with Gasteiger partial charge in [0.05, 0.1) is 7.11 Å². The third kappa shape index (κ3) is 7.74. The number of benzene rings is 2. The van der Waals surface area contributed by atoms with Crippen LogP contribution in [0, 0.1) is 24.7 Å². The Morgan fingerprint density at radius 3 is 2.32 bits per heavy atom. The highest BCUT2D eigenvalue weighted by atomic mass is 16.5. The van der Waals surface area contributed by atoms with E-state index in [9.17, 15) is 4.79 Å². The number of methoxy groups -OCH3 is 1. The normalized spacial score (nSPS) is 11.1. The summed E-state index contributed by atoms with van der Waals surface area (Å²) in [5.74, 6) is 5.86. The van der Waals surface area contributed by atoms with Crippen LogP contribution in [0.15, 0.2) is 42.5 Å². The smallest absolute Gasteiger partial charge is 0.249 e. The molecular weight excluding hydrogens is 390 g/mol. The lowest BCUT2D eigenvalue weighted by molar-refractivity contribution is -0.131. The van der Waals surface area contributed by atoms with Crippen molar-refractivity contribution in [1.82, 2.24) is 5.32 Å². The second kappa shape index (κ2) is 13.0. The number of carbonyl (C=O) groups excluding carboxylic acids is 1. The fourth-order valence-corrected chi connectivity index (χ4v) is 3.05. The van der Waals surface area contributed by atoms with Gasteiger partial charge in [-0.15, -0.1) is 12.8 Å². The number of rotatable bonds is 12. The molecule has 0 bridgehead atoms. The van der Waals surface area contributed by atoms with Crippen LogP contribution >= 0.6 is 0 Å². The monoisotopic (exact) mass is 419 g/mol. The van der Waals surface area contributed by atoms with Gasteiger partial charge < -0.3 is 19.5 Å². The summed E-state index contributed by atoms with van der Waals surface area (Å²) in [5, 5.41) is 2.94. The minimum absolute atomic E-state index is 0.0848. The van der Waals surface area contributed by atoms with E-state index in [0.717, 1.165) is 17.5 Å². The molecule has 0 radical (unpaired) electrons. The molecule has 2 aromatic rings. The van der Waals surface area contributed by atoms with Crippen molar-refractivity contribution in [2.75, 3.05) is 26.9 Å². The Morgan fingerprint density at radius 1 is 1.00 bits per heavy atom. The summed E-state index contributed by atoms with van der Waals surface area (Å²) in [7, 11) is 1.57. The van der Waals surface area contributed by atoms with Crippen molar-refractivity contribution in [2.24, 2.45) is 0 Å². The van der Waals surface area contributed by atoms with Crippen molar-refractivity contribution < 1.29 is 19.0 Å². The maximum absolute atomic E-state index is 12.7. The van der Waals surface area contributed by atoms with E-state index < -0.39 is 6.10 Å². The van der Waals surface area contributed by atoms with Crippen LogP contribution in [-0.2, 0) is 28.8 Å². The molecule has 0 aromatic heterocycles. The van der Waals surface area contributed by atoms with Crippen molar-refractivity contribution in [2.45, 2.75) is 32.3 Å². The zero-order valence-electron chi connectivity index (χ0n) is 18.1. The standard InChI is InChI=1S/C26H29NO4/c1-5-16-30-23-13-12-22(18-24(23)29-4)14-15-27-26(28)25(31-17-6-2)19-21-10-8-20(7-3)9-11-21/h1-2,8-13,18,25H,7,14-17,19H2,3-4H3,(H,27,28). The maximum Gasteiger partial charge on any atom is 0.249 e. The highest BCUT2D eigenvalue weighted by Crippen LogP contribution is 2.28. The van der Waals surface area contributed by atoms with E-state index in [-0.39, 0.29) is 19.1 Å². The van der Waals surface area contributed by atoms with Gasteiger partial charge in [0.25, 0.3) is 0 Å². The lowest BCUT2D eigenvalue weighted by atomic mass is 10.0. The molecule has 0 spiro atoms. The molecule has 5 nitrogen and oxygen atoms in total. The molecule has 0 aliphatic rings. The first-order valence-electron chi connectivity index (χ1n) is 10.2. The van der Waals surface area contributed by atoms with Gasteiger partial charge in [0.1, 0.15) is 19.3 Å². The molecule has 2 rings (SSSR count). The lowest BCUT2D eigenvalue weighted by Gasteiger charge is -2.17. The Kier molecular flexibility index (Phi) is 10.0. The summed E-state index contributed by atoms with van der Waals surface area (Å²) < 4.78 is 16.4. The quantitative estimate of drug-likeness (QED) is 0.537. The first-order valence-corrected chi connectivity index (χ1v) is 10.2. The van der Waals surface area contributed by atoms with Crippen LogP contribution in [0.2, 0.25) is 0 Å². The summed E-state index contributed by atoms with van der Waals surface area (Å²) in [4.78, 5) is 12.7. The van der Waals surface area contributed by atoms with Crippen LogP contribution in [0.5, 0.6) is 11.5 Å². The molecule has 1 N–H and O–H groups in total. The molecule has 0 heterocycles. The van der Waals surface area contributed by atoms with Crippen LogP contribution in [0.4, 0.5) is 0 Å². The van der Waals surface area contributed by atoms with Gasteiger partial charge in [-0.1, -0.05) is 49.1 Å². The largest absolute Gasteiger partial charge is 0.493 e. The average molecular weight is 420 g/mol. The zero-order valence-corrected chi connectivity index (χ0v) is 18.1. The van der Waals surface area contributed by atoms with Crippen molar-refractivity contribution in [3.05, 3.63) is 59.2 Å². The van der Waals surface area contributed by atoms with Gasteiger partial charge in [0, 0.05) is 13.0 Å². The van der Waals surface area contributed by atoms with Crippen molar-refractivity contribution in [3.8, 4) is 36.2 Å². The summed E-state index contributed by atoms with van der Waals surface area (Å²) >= 11 is 0. The van der Waals surface area contributed by atoms with Crippen LogP contribution in [0.25, 0.3) is 0 Å². The fraction of sp³-hybridized carbons (Fsp3) is 0.346. The van der Waals surface area contributed by atoms with Gasteiger partial charge >= 0.3 is 0 Å². The number of amides is 1. The zero-order chi connectivity index (χ0) is 22.5. The average Bonchev–Trinajstić information content (AvgIpc) is 2.81. The minimum atomic E-state index is -0.641. The number of terminal acetylenes is 2. The van der Waals surface area contributed by atoms with E-state index in [2.05, 4.69) is 36.2 Å². The molecule has 31 heavy (non-hydrogen) atoms. The summed E-state index contributed by atoms with van der Waals surface area (Å²) in [6.45, 7) is 2.82. The predicted molar refractivity (Wildman–Crippen MR) is 122 cm³/mol. The van der Waals surface area contributed by atoms with Gasteiger partial charge in [-0.25, -0.2) is 0 Å². The third-order valence-electron chi connectivity index (χ3n) is 4.76. The highest BCUT2D eigenvalue weighted by Gasteiger charge is 2.19. The number of nitrogens with one attached hydrogen (secondary N) is 1. The lowest BCUT2D eigenvalue weighted by Crippen LogP contribution is -2.39. The molecule has 0 aliphatic carbocycles. The van der Waals surface area contributed by atoms with E-state index in [1.165, 1.54) is 5.56 Å². The second-order valence-corrected chi connectivity index (χ2v) is 6.90. The second-order valence-electron chi connectivity index (χ2n) is 6.90. The molecule has 1 amide bonds. The Hall–Kier alpha value is -3.41. The Balaban J connectivity index is 1.94. The van der Waals surface area contributed by atoms with Gasteiger partial charge in [-0.3, -0.25) is 4.79 Å². The maximum atomic E-state index is 12.7. The summed E-state index contributed by atoms with van der Waals surface area (Å²) in [6, 6.07) is 13.8. The topological polar surface area (TPSA) is 56.8 Å². The predicted octanol–water partition coefficient (Wildman–Crippen LogP) is 3.19. The van der Waals surface area contributed by atoms with Crippen LogP contribution in [0.3, 0.4) is 0 Å². The Bertz CT molecular complexity index is 922. The molecule has 1 atom stereocenters. The molecule has 0 fully saturated rings. The number of hydrogen-bond acceptors (Lipinski definition) is 4. The molecule has 0 saturated carbocycles. The number of hydrogen-bond donors (Lipinski definition) is 1. The van der Waals surface area contributed by atoms with E-state index in [0.29, 0.717) is 30.9 Å². The molecule has 0 aliphatic heterocycles. The van der Waals surface area contributed by atoms with E-state index >= 15 is 0 Å². The summed E-state index contributed by atoms with van der Waals surface area (Å²) in [5.41, 5.74) is 3.28. The number of carbonyl (C=O) groups is 1. The molecular formula is C26H29NO4. The SMILES string of the molecule is C#CCOc1ccc(CCNC(=O)C(Cc2ccc(CC)cc2)OCC#C)cc1OC. The van der Waals surface area contributed by atoms with Gasteiger partial charge in [0.15, 0.2) is 11.5 Å². The first kappa shape index (κ1) is 23.9. The van der Waals surface area contributed by atoms with Crippen molar-refractivity contribution in [3.63, 3.8) is 0 Å². The molecule has 1 unspecified atom stereocenters. The van der Waals surface area contributed by atoms with Crippen molar-refractivity contribution >= 4 is 5.91 Å². The van der Waals surface area contributed by atoms with E-state index in [4.69, 9.17) is 27.1 Å². The fourth-order valence-electron chi connectivity index (χ4n) is 3.05. The number of ether oxygens (including phenoxy) is 3. The third-order valence-corrected chi connectivity index (χ3v) is 4.76. The Labute approximate surface area is 185 Å². The number of aryl methyl sites for hydroxylation is 1. The Morgan fingerprint density at radius 2 is 1.68 bits per heavy atom. The van der Waals surface area contributed by atoms with Crippen LogP contribution in [-0.4, -0.2) is 38.9 Å². The van der Waals surface area contributed by atoms with Crippen molar-refractivity contribution in [1.29, 1.82) is 0 Å². The van der Waals surface area contributed by atoms with Gasteiger partial charge in [-0.05, 0) is 41.7 Å². The van der Waals surface area contributed by atoms with Gasteiger partial charge in [0.2, 0.25) is 5.91 Å². The highest BCUT2D eigenvalue weighted by molar-refractivity contribution is 5.81. The summed E-state index contributed by atoms with van der Waals surface area (Å²) in [6.07, 6.45) is 12.0. The molecule has 162 valence electrons. The van der Waals surface area contributed by atoms with Crippen LogP contribution < -0.4 is 14.8 Å². The van der Waals surface area contributed by atoms with E-state index in [1.54, 1.807) is 7.11 Å².